The SMILES string of the molecule is C=CCc1ccc(OCC(=O)NCc2ccc(Cn3ccnc3)cc2)c(OC)c1. The summed E-state index contributed by atoms with van der Waals surface area (Å²) < 4.78 is 13.0. The largest absolute Gasteiger partial charge is 0.493 e. The second-order valence-corrected chi connectivity index (χ2v) is 6.59. The molecule has 3 rings (SSSR count). The highest BCUT2D eigenvalue weighted by atomic mass is 16.5. The average Bonchev–Trinajstić information content (AvgIpc) is 3.25. The van der Waals surface area contributed by atoms with Crippen LogP contribution in [0.25, 0.3) is 0 Å². The Balaban J connectivity index is 1.47. The van der Waals surface area contributed by atoms with E-state index < -0.39 is 0 Å². The molecule has 0 aliphatic heterocycles. The fourth-order valence-electron chi connectivity index (χ4n) is 2.87. The number of carbonyl (C=O) groups is 1. The predicted molar refractivity (Wildman–Crippen MR) is 112 cm³/mol. The van der Waals surface area contributed by atoms with Crippen LogP contribution >= 0.6 is 0 Å². The molecule has 0 saturated carbocycles. The van der Waals surface area contributed by atoms with Gasteiger partial charge in [-0.15, -0.1) is 6.58 Å². The second kappa shape index (κ2) is 10.1. The lowest BCUT2D eigenvalue weighted by atomic mass is 10.1. The molecule has 0 unspecified atom stereocenters. The van der Waals surface area contributed by atoms with Crippen LogP contribution in [0.4, 0.5) is 0 Å². The Morgan fingerprint density at radius 1 is 1.14 bits per heavy atom. The van der Waals surface area contributed by atoms with Crippen LogP contribution in [0.15, 0.2) is 73.8 Å². The fraction of sp³-hybridized carbons (Fsp3) is 0.217. The van der Waals surface area contributed by atoms with Crippen LogP contribution in [-0.2, 0) is 24.3 Å². The third-order valence-electron chi connectivity index (χ3n) is 4.40. The molecular weight excluding hydrogens is 366 g/mol. The smallest absolute Gasteiger partial charge is 0.258 e. The Morgan fingerprint density at radius 2 is 1.90 bits per heavy atom. The van der Waals surface area contributed by atoms with Gasteiger partial charge in [0.2, 0.25) is 0 Å². The molecule has 3 aromatic rings. The minimum atomic E-state index is -0.190. The molecule has 0 radical (unpaired) electrons. The lowest BCUT2D eigenvalue weighted by molar-refractivity contribution is -0.123. The van der Waals surface area contributed by atoms with Crippen LogP contribution in [0.1, 0.15) is 16.7 Å². The third-order valence-corrected chi connectivity index (χ3v) is 4.40. The Morgan fingerprint density at radius 3 is 2.59 bits per heavy atom. The van der Waals surface area contributed by atoms with E-state index in [9.17, 15) is 4.79 Å². The third kappa shape index (κ3) is 5.97. The van der Waals surface area contributed by atoms with Crippen LogP contribution in [-0.4, -0.2) is 29.2 Å². The van der Waals surface area contributed by atoms with E-state index in [1.54, 1.807) is 19.6 Å². The zero-order chi connectivity index (χ0) is 20.5. The van der Waals surface area contributed by atoms with E-state index in [4.69, 9.17) is 9.47 Å². The minimum Gasteiger partial charge on any atom is -0.493 e. The summed E-state index contributed by atoms with van der Waals surface area (Å²) in [5.41, 5.74) is 3.28. The van der Waals surface area contributed by atoms with Crippen LogP contribution in [0.5, 0.6) is 11.5 Å². The number of imidazole rings is 1. The van der Waals surface area contributed by atoms with Gasteiger partial charge in [-0.3, -0.25) is 4.79 Å². The predicted octanol–water partition coefficient (Wildman–Crippen LogP) is 3.36. The van der Waals surface area contributed by atoms with Gasteiger partial charge in [0.1, 0.15) is 0 Å². The van der Waals surface area contributed by atoms with E-state index >= 15 is 0 Å². The summed E-state index contributed by atoms with van der Waals surface area (Å²) >= 11 is 0. The van der Waals surface area contributed by atoms with E-state index in [1.165, 1.54) is 5.56 Å². The van der Waals surface area contributed by atoms with E-state index in [0.29, 0.717) is 18.0 Å². The summed E-state index contributed by atoms with van der Waals surface area (Å²) in [7, 11) is 1.58. The van der Waals surface area contributed by atoms with Crippen LogP contribution in [0.3, 0.4) is 0 Å². The van der Waals surface area contributed by atoms with Gasteiger partial charge in [-0.25, -0.2) is 4.98 Å². The molecule has 6 heteroatoms. The van der Waals surface area contributed by atoms with E-state index in [-0.39, 0.29) is 12.5 Å². The van der Waals surface area contributed by atoms with Gasteiger partial charge in [0.05, 0.1) is 13.4 Å². The molecule has 0 spiro atoms. The van der Waals surface area contributed by atoms with Gasteiger partial charge in [-0.2, -0.15) is 0 Å². The standard InChI is InChI=1S/C23H25N3O3/c1-3-4-18-9-10-21(22(13-18)28-2)29-16-23(27)25-14-19-5-7-20(8-6-19)15-26-12-11-24-17-26/h3,5-13,17H,1,4,14-16H2,2H3,(H,25,27). The Labute approximate surface area is 170 Å². The van der Waals surface area contributed by atoms with Gasteiger partial charge in [0.15, 0.2) is 18.1 Å². The van der Waals surface area contributed by atoms with E-state index in [1.807, 2.05) is 59.3 Å². The van der Waals surface area contributed by atoms with Crippen LogP contribution in [0, 0.1) is 0 Å². The highest BCUT2D eigenvalue weighted by molar-refractivity contribution is 5.77. The number of nitrogens with zero attached hydrogens (tertiary/aromatic N) is 2. The molecule has 0 aliphatic carbocycles. The van der Waals surface area contributed by atoms with Gasteiger partial charge in [0.25, 0.3) is 5.91 Å². The summed E-state index contributed by atoms with van der Waals surface area (Å²) in [4.78, 5) is 16.2. The van der Waals surface area contributed by atoms with Crippen molar-refractivity contribution in [3.8, 4) is 11.5 Å². The number of hydrogen-bond donors (Lipinski definition) is 1. The Hall–Kier alpha value is -3.54. The topological polar surface area (TPSA) is 65.4 Å². The van der Waals surface area contributed by atoms with Gasteiger partial charge in [-0.1, -0.05) is 36.4 Å². The molecule has 2 aromatic carbocycles. The summed E-state index contributed by atoms with van der Waals surface area (Å²) in [6.45, 7) is 4.88. The highest BCUT2D eigenvalue weighted by Crippen LogP contribution is 2.28. The van der Waals surface area contributed by atoms with E-state index in [2.05, 4.69) is 16.9 Å². The quantitative estimate of drug-likeness (QED) is 0.538. The number of amides is 1. The van der Waals surface area contributed by atoms with Gasteiger partial charge >= 0.3 is 0 Å². The van der Waals surface area contributed by atoms with E-state index in [0.717, 1.165) is 24.1 Å². The van der Waals surface area contributed by atoms with Crippen molar-refractivity contribution >= 4 is 5.91 Å². The number of allylic oxidation sites excluding steroid dienone is 1. The zero-order valence-corrected chi connectivity index (χ0v) is 16.5. The van der Waals surface area contributed by atoms with Crippen LogP contribution in [0.2, 0.25) is 0 Å². The minimum absolute atomic E-state index is 0.0735. The highest BCUT2D eigenvalue weighted by Gasteiger charge is 2.08. The average molecular weight is 391 g/mol. The first kappa shape index (κ1) is 20.2. The number of rotatable bonds is 10. The van der Waals surface area contributed by atoms with Gasteiger partial charge < -0.3 is 19.4 Å². The maximum absolute atomic E-state index is 12.1. The molecule has 0 atom stereocenters. The summed E-state index contributed by atoms with van der Waals surface area (Å²) in [6.07, 6.45) is 8.05. The van der Waals surface area contributed by atoms with Crippen molar-refractivity contribution in [2.45, 2.75) is 19.5 Å². The normalized spacial score (nSPS) is 10.4. The second-order valence-electron chi connectivity index (χ2n) is 6.59. The Bertz CT molecular complexity index is 935. The number of carbonyl (C=O) groups excluding carboxylic acids is 1. The first-order valence-corrected chi connectivity index (χ1v) is 9.39. The molecular formula is C23H25N3O3. The molecule has 1 amide bonds. The number of hydrogen-bond acceptors (Lipinski definition) is 4. The molecule has 1 N–H and O–H groups in total. The molecule has 1 heterocycles. The first-order chi connectivity index (χ1) is 14.2. The van der Waals surface area contributed by atoms with Crippen molar-refractivity contribution in [3.63, 3.8) is 0 Å². The van der Waals surface area contributed by atoms with Crippen molar-refractivity contribution in [1.29, 1.82) is 0 Å². The van der Waals surface area contributed by atoms with Crippen molar-refractivity contribution in [3.05, 3.63) is 90.5 Å². The van der Waals surface area contributed by atoms with Crippen LogP contribution < -0.4 is 14.8 Å². The number of aromatic nitrogens is 2. The van der Waals surface area contributed by atoms with Gasteiger partial charge in [0, 0.05) is 25.5 Å². The maximum Gasteiger partial charge on any atom is 0.258 e. The van der Waals surface area contributed by atoms with Gasteiger partial charge in [-0.05, 0) is 35.2 Å². The molecule has 0 saturated heterocycles. The lowest BCUT2D eigenvalue weighted by Gasteiger charge is -2.12. The molecule has 0 bridgehead atoms. The summed E-state index contributed by atoms with van der Waals surface area (Å²) in [5, 5.41) is 2.87. The molecule has 6 nitrogen and oxygen atoms in total. The maximum atomic E-state index is 12.1. The molecule has 150 valence electrons. The molecule has 0 aliphatic rings. The van der Waals surface area contributed by atoms with Crippen molar-refractivity contribution in [1.82, 2.24) is 14.9 Å². The van der Waals surface area contributed by atoms with Crippen molar-refractivity contribution in [2.24, 2.45) is 0 Å². The monoisotopic (exact) mass is 391 g/mol. The summed E-state index contributed by atoms with van der Waals surface area (Å²) in [5.74, 6) is 0.953. The number of benzene rings is 2. The fourth-order valence-corrected chi connectivity index (χ4v) is 2.87. The first-order valence-electron chi connectivity index (χ1n) is 9.39. The lowest BCUT2D eigenvalue weighted by Crippen LogP contribution is -2.28. The molecule has 1 aromatic heterocycles. The Kier molecular flexibility index (Phi) is 7.05. The number of ether oxygens (including phenoxy) is 2. The number of nitrogens with one attached hydrogen (secondary N) is 1. The molecule has 29 heavy (non-hydrogen) atoms. The number of methoxy groups -OCH3 is 1. The van der Waals surface area contributed by atoms with Crippen molar-refractivity contribution < 1.29 is 14.3 Å². The zero-order valence-electron chi connectivity index (χ0n) is 16.5. The van der Waals surface area contributed by atoms with Crippen molar-refractivity contribution in [2.75, 3.05) is 13.7 Å². The molecule has 0 fully saturated rings. The summed E-state index contributed by atoms with van der Waals surface area (Å²) in [6, 6.07) is 13.7.